The summed E-state index contributed by atoms with van der Waals surface area (Å²) in [5.41, 5.74) is 9.36. The van der Waals surface area contributed by atoms with Crippen LogP contribution in [0.4, 0.5) is 11.5 Å². The van der Waals surface area contributed by atoms with Gasteiger partial charge in [0.1, 0.15) is 10.6 Å². The van der Waals surface area contributed by atoms with Gasteiger partial charge in [-0.25, -0.2) is 9.97 Å². The minimum atomic E-state index is -0.240. The molecule has 2 aromatic heterocycles. The number of carbonyl (C=O) groups is 2. The Balaban J connectivity index is 1.35. The summed E-state index contributed by atoms with van der Waals surface area (Å²) in [5.74, 6) is 0.224. The van der Waals surface area contributed by atoms with Crippen LogP contribution in [-0.4, -0.2) is 46.0 Å². The molecule has 0 unspecified atom stereocenters. The van der Waals surface area contributed by atoms with E-state index in [0.29, 0.717) is 16.7 Å². The zero-order valence-corrected chi connectivity index (χ0v) is 19.2. The van der Waals surface area contributed by atoms with E-state index < -0.39 is 0 Å². The number of hydrogen-bond donors (Lipinski definition) is 2. The number of benzene rings is 1. The van der Waals surface area contributed by atoms with Gasteiger partial charge < -0.3 is 16.0 Å². The standard InChI is InChI=1S/C22H25N5O2S2/c1-13-7-9-14(10-8-13)24-17(28)11-27(2)18(29)12-30-22-25-20(23)19-15-5-3-4-6-16(15)31-21(19)26-22/h7-10H,3-6,11-12H2,1-2H3,(H,24,28)(H2,23,25,26). The van der Waals surface area contributed by atoms with Gasteiger partial charge in [0.15, 0.2) is 5.16 Å². The van der Waals surface area contributed by atoms with Gasteiger partial charge in [0.2, 0.25) is 11.8 Å². The predicted molar refractivity (Wildman–Crippen MR) is 127 cm³/mol. The number of hydrogen-bond acceptors (Lipinski definition) is 7. The highest BCUT2D eigenvalue weighted by molar-refractivity contribution is 7.99. The second-order valence-electron chi connectivity index (χ2n) is 7.74. The first kappa shape index (κ1) is 21.6. The molecule has 9 heteroatoms. The highest BCUT2D eigenvalue weighted by atomic mass is 32.2. The zero-order valence-electron chi connectivity index (χ0n) is 17.6. The highest BCUT2D eigenvalue weighted by Gasteiger charge is 2.21. The summed E-state index contributed by atoms with van der Waals surface area (Å²) in [5, 5.41) is 4.28. The average molecular weight is 456 g/mol. The molecule has 1 aliphatic carbocycles. The number of fused-ring (bicyclic) bond motifs is 3. The molecule has 162 valence electrons. The van der Waals surface area contributed by atoms with E-state index in [-0.39, 0.29) is 24.1 Å². The molecule has 7 nitrogen and oxygen atoms in total. The van der Waals surface area contributed by atoms with Gasteiger partial charge in [0, 0.05) is 17.6 Å². The molecule has 0 radical (unpaired) electrons. The molecule has 1 aliphatic rings. The van der Waals surface area contributed by atoms with Crippen molar-refractivity contribution < 1.29 is 9.59 Å². The Bertz CT molecular complexity index is 1130. The summed E-state index contributed by atoms with van der Waals surface area (Å²) in [6.45, 7) is 1.96. The van der Waals surface area contributed by atoms with E-state index in [2.05, 4.69) is 15.3 Å². The molecular weight excluding hydrogens is 430 g/mol. The Morgan fingerprint density at radius 1 is 1.19 bits per heavy atom. The van der Waals surface area contributed by atoms with Crippen molar-refractivity contribution >= 4 is 56.6 Å². The number of thiophene rings is 1. The summed E-state index contributed by atoms with van der Waals surface area (Å²) in [4.78, 5) is 37.4. The average Bonchev–Trinajstić information content (AvgIpc) is 3.12. The first-order valence-electron chi connectivity index (χ1n) is 10.2. The van der Waals surface area contributed by atoms with Crippen molar-refractivity contribution in [2.24, 2.45) is 0 Å². The number of aryl methyl sites for hydroxylation is 3. The van der Waals surface area contributed by atoms with Gasteiger partial charge in [-0.2, -0.15) is 0 Å². The van der Waals surface area contributed by atoms with E-state index in [1.807, 2.05) is 31.2 Å². The van der Waals surface area contributed by atoms with E-state index in [0.717, 1.165) is 28.6 Å². The van der Waals surface area contributed by atoms with Gasteiger partial charge in [0.05, 0.1) is 17.7 Å². The van der Waals surface area contributed by atoms with Crippen LogP contribution >= 0.6 is 23.1 Å². The summed E-state index contributed by atoms with van der Waals surface area (Å²) in [7, 11) is 1.61. The van der Waals surface area contributed by atoms with E-state index in [1.54, 1.807) is 18.4 Å². The minimum Gasteiger partial charge on any atom is -0.383 e. The molecule has 1 aromatic carbocycles. The predicted octanol–water partition coefficient (Wildman–Crippen LogP) is 3.65. The molecule has 0 aliphatic heterocycles. The lowest BCUT2D eigenvalue weighted by Crippen LogP contribution is -2.36. The summed E-state index contributed by atoms with van der Waals surface area (Å²) >= 11 is 2.93. The summed E-state index contributed by atoms with van der Waals surface area (Å²) < 4.78 is 0. The maximum atomic E-state index is 12.5. The molecule has 0 spiro atoms. The SMILES string of the molecule is Cc1ccc(NC(=O)CN(C)C(=O)CSc2nc(N)c3c4c(sc3n2)CCCC4)cc1. The smallest absolute Gasteiger partial charge is 0.243 e. The third kappa shape index (κ3) is 4.99. The zero-order chi connectivity index (χ0) is 22.0. The fourth-order valence-corrected chi connectivity index (χ4v) is 5.73. The van der Waals surface area contributed by atoms with Crippen molar-refractivity contribution in [3.8, 4) is 0 Å². The molecule has 2 amide bonds. The lowest BCUT2D eigenvalue weighted by Gasteiger charge is -2.16. The fraction of sp³-hybridized carbons (Fsp3) is 0.364. The molecular formula is C22H25N5O2S2. The van der Waals surface area contributed by atoms with Crippen LogP contribution in [0.3, 0.4) is 0 Å². The van der Waals surface area contributed by atoms with Crippen LogP contribution in [0.5, 0.6) is 0 Å². The van der Waals surface area contributed by atoms with Crippen LogP contribution in [0.15, 0.2) is 29.4 Å². The number of anilines is 2. The first-order valence-corrected chi connectivity index (χ1v) is 12.0. The third-order valence-corrected chi connectivity index (χ3v) is 7.31. The topological polar surface area (TPSA) is 101 Å². The van der Waals surface area contributed by atoms with E-state index in [9.17, 15) is 9.59 Å². The Morgan fingerprint density at radius 3 is 2.71 bits per heavy atom. The van der Waals surface area contributed by atoms with Gasteiger partial charge in [-0.1, -0.05) is 29.5 Å². The van der Waals surface area contributed by atoms with Crippen molar-refractivity contribution in [1.29, 1.82) is 0 Å². The number of likely N-dealkylation sites (N-methyl/N-ethyl adjacent to an activating group) is 1. The molecule has 2 heterocycles. The van der Waals surface area contributed by atoms with Crippen LogP contribution in [-0.2, 0) is 22.4 Å². The summed E-state index contributed by atoms with van der Waals surface area (Å²) in [6.07, 6.45) is 4.48. The number of nitrogen functional groups attached to an aromatic ring is 1. The van der Waals surface area contributed by atoms with Crippen LogP contribution in [0.1, 0.15) is 28.8 Å². The van der Waals surface area contributed by atoms with Crippen LogP contribution in [0.2, 0.25) is 0 Å². The lowest BCUT2D eigenvalue weighted by atomic mass is 9.97. The van der Waals surface area contributed by atoms with Crippen molar-refractivity contribution in [1.82, 2.24) is 14.9 Å². The van der Waals surface area contributed by atoms with Gasteiger partial charge in [-0.3, -0.25) is 9.59 Å². The second-order valence-corrected chi connectivity index (χ2v) is 9.76. The minimum absolute atomic E-state index is 0.0209. The first-order chi connectivity index (χ1) is 14.9. The van der Waals surface area contributed by atoms with Gasteiger partial charge in [0.25, 0.3) is 0 Å². The third-order valence-electron chi connectivity index (χ3n) is 5.29. The van der Waals surface area contributed by atoms with E-state index in [4.69, 9.17) is 5.73 Å². The number of carbonyl (C=O) groups excluding carboxylic acids is 2. The summed E-state index contributed by atoms with van der Waals surface area (Å²) in [6, 6.07) is 7.53. The quantitative estimate of drug-likeness (QED) is 0.435. The Labute approximate surface area is 189 Å². The number of amides is 2. The van der Waals surface area contributed by atoms with Gasteiger partial charge >= 0.3 is 0 Å². The van der Waals surface area contributed by atoms with Crippen molar-refractivity contribution in [2.45, 2.75) is 37.8 Å². The van der Waals surface area contributed by atoms with Crippen LogP contribution in [0.25, 0.3) is 10.2 Å². The number of rotatable bonds is 6. The van der Waals surface area contributed by atoms with Crippen LogP contribution in [0, 0.1) is 6.92 Å². The largest absolute Gasteiger partial charge is 0.383 e. The van der Waals surface area contributed by atoms with E-state index in [1.165, 1.54) is 39.9 Å². The van der Waals surface area contributed by atoms with Gasteiger partial charge in [-0.15, -0.1) is 11.3 Å². The Morgan fingerprint density at radius 2 is 1.94 bits per heavy atom. The molecule has 0 fully saturated rings. The molecule has 0 bridgehead atoms. The Hall–Kier alpha value is -2.65. The van der Waals surface area contributed by atoms with Gasteiger partial charge in [-0.05, 0) is 50.3 Å². The van der Waals surface area contributed by atoms with E-state index >= 15 is 0 Å². The number of aromatic nitrogens is 2. The number of thioether (sulfide) groups is 1. The van der Waals surface area contributed by atoms with Crippen molar-refractivity contribution in [3.63, 3.8) is 0 Å². The van der Waals surface area contributed by atoms with Crippen LogP contribution < -0.4 is 11.1 Å². The molecule has 0 atom stereocenters. The maximum absolute atomic E-state index is 12.5. The fourth-order valence-electron chi connectivity index (χ4n) is 3.61. The normalized spacial score (nSPS) is 13.1. The lowest BCUT2D eigenvalue weighted by molar-refractivity contribution is -0.131. The maximum Gasteiger partial charge on any atom is 0.243 e. The molecule has 3 N–H and O–H groups in total. The Kier molecular flexibility index (Phi) is 6.43. The molecule has 4 rings (SSSR count). The molecule has 31 heavy (non-hydrogen) atoms. The number of nitrogens with zero attached hydrogens (tertiary/aromatic N) is 3. The number of nitrogens with one attached hydrogen (secondary N) is 1. The van der Waals surface area contributed by atoms with Crippen molar-refractivity contribution in [2.75, 3.05) is 30.4 Å². The number of nitrogens with two attached hydrogens (primary N) is 1. The molecule has 3 aromatic rings. The monoisotopic (exact) mass is 455 g/mol. The second kappa shape index (κ2) is 9.23. The highest BCUT2D eigenvalue weighted by Crippen LogP contribution is 2.38. The molecule has 0 saturated carbocycles. The van der Waals surface area contributed by atoms with Crippen molar-refractivity contribution in [3.05, 3.63) is 40.3 Å². The molecule has 0 saturated heterocycles.